The average molecular weight is 338 g/mol. The van der Waals surface area contributed by atoms with Crippen LogP contribution in [-0.2, 0) is 9.53 Å². The minimum Gasteiger partial charge on any atom is -0.488 e. The lowest BCUT2D eigenvalue weighted by Gasteiger charge is -2.33. The first-order valence-corrected chi connectivity index (χ1v) is 8.20. The second-order valence-corrected chi connectivity index (χ2v) is 6.16. The molecular formula is C17H20ClNO4. The summed E-state index contributed by atoms with van der Waals surface area (Å²) in [5, 5.41) is 9.41. The number of piperidine rings is 1. The van der Waals surface area contributed by atoms with E-state index in [1.54, 1.807) is 12.1 Å². The Hall–Kier alpha value is -1.56. The van der Waals surface area contributed by atoms with E-state index in [-0.39, 0.29) is 25.2 Å². The van der Waals surface area contributed by atoms with Gasteiger partial charge in [0.15, 0.2) is 0 Å². The van der Waals surface area contributed by atoms with Crippen molar-refractivity contribution in [3.63, 3.8) is 0 Å². The lowest BCUT2D eigenvalue weighted by Crippen LogP contribution is -2.42. The molecule has 1 fully saturated rings. The zero-order chi connectivity index (χ0) is 16.2. The van der Waals surface area contributed by atoms with Gasteiger partial charge in [0.05, 0.1) is 24.9 Å². The van der Waals surface area contributed by atoms with Crippen molar-refractivity contribution >= 4 is 23.6 Å². The van der Waals surface area contributed by atoms with Crippen LogP contribution in [0.4, 0.5) is 0 Å². The van der Waals surface area contributed by atoms with Crippen LogP contribution in [0.25, 0.3) is 6.08 Å². The molecule has 0 aliphatic carbocycles. The zero-order valence-corrected chi connectivity index (χ0v) is 13.6. The number of fused-ring (bicyclic) bond motifs is 1. The Labute approximate surface area is 140 Å². The number of hydrogen-bond acceptors (Lipinski definition) is 4. The molecule has 1 saturated heterocycles. The first-order valence-electron chi connectivity index (χ1n) is 7.82. The number of aliphatic hydroxyl groups excluding tert-OH is 1. The number of carbonyl (C=O) groups is 1. The molecule has 2 aliphatic rings. The summed E-state index contributed by atoms with van der Waals surface area (Å²) in [5.74, 6) is 0.762. The molecule has 0 saturated carbocycles. The van der Waals surface area contributed by atoms with Crippen molar-refractivity contribution in [2.24, 2.45) is 0 Å². The van der Waals surface area contributed by atoms with E-state index in [1.807, 2.05) is 17.0 Å². The predicted octanol–water partition coefficient (Wildman–Crippen LogP) is 2.12. The minimum absolute atomic E-state index is 0.0104. The molecular weight excluding hydrogens is 318 g/mol. The van der Waals surface area contributed by atoms with E-state index in [0.29, 0.717) is 30.3 Å². The summed E-state index contributed by atoms with van der Waals surface area (Å²) in [4.78, 5) is 14.5. The van der Waals surface area contributed by atoms with E-state index >= 15 is 0 Å². The molecule has 0 spiro atoms. The van der Waals surface area contributed by atoms with Crippen LogP contribution in [0.2, 0.25) is 5.02 Å². The van der Waals surface area contributed by atoms with Crippen LogP contribution in [0.15, 0.2) is 23.8 Å². The van der Waals surface area contributed by atoms with E-state index in [9.17, 15) is 4.79 Å². The van der Waals surface area contributed by atoms with Gasteiger partial charge in [0, 0.05) is 23.7 Å². The molecule has 3 rings (SSSR count). The van der Waals surface area contributed by atoms with Crippen LogP contribution in [0.3, 0.4) is 0 Å². The number of ether oxygens (including phenoxy) is 2. The molecule has 2 heterocycles. The fourth-order valence-corrected chi connectivity index (χ4v) is 3.10. The third-order valence-corrected chi connectivity index (χ3v) is 4.37. The van der Waals surface area contributed by atoms with Crippen molar-refractivity contribution in [1.29, 1.82) is 0 Å². The Bertz CT molecular complexity index is 609. The summed E-state index contributed by atoms with van der Waals surface area (Å²) >= 11 is 6.00. The number of benzene rings is 1. The number of carbonyl (C=O) groups excluding carboxylic acids is 1. The molecule has 124 valence electrons. The van der Waals surface area contributed by atoms with Gasteiger partial charge in [0.25, 0.3) is 5.91 Å². The van der Waals surface area contributed by atoms with Crippen molar-refractivity contribution in [1.82, 2.24) is 4.90 Å². The number of halogens is 1. The van der Waals surface area contributed by atoms with Gasteiger partial charge < -0.3 is 19.5 Å². The summed E-state index contributed by atoms with van der Waals surface area (Å²) < 4.78 is 11.2. The molecule has 5 nitrogen and oxygen atoms in total. The van der Waals surface area contributed by atoms with Gasteiger partial charge in [-0.1, -0.05) is 11.6 Å². The van der Waals surface area contributed by atoms with Gasteiger partial charge in [-0.2, -0.15) is 0 Å². The number of rotatable bonds is 4. The second kappa shape index (κ2) is 7.34. The van der Waals surface area contributed by atoms with Gasteiger partial charge in [0.2, 0.25) is 0 Å². The molecule has 23 heavy (non-hydrogen) atoms. The van der Waals surface area contributed by atoms with Crippen LogP contribution < -0.4 is 4.74 Å². The predicted molar refractivity (Wildman–Crippen MR) is 87.6 cm³/mol. The van der Waals surface area contributed by atoms with Crippen LogP contribution >= 0.6 is 11.6 Å². The molecule has 0 atom stereocenters. The largest absolute Gasteiger partial charge is 0.488 e. The molecule has 1 aromatic carbocycles. The normalized spacial score (nSPS) is 18.2. The van der Waals surface area contributed by atoms with Crippen molar-refractivity contribution in [2.75, 3.05) is 32.9 Å². The number of aliphatic hydroxyl groups is 1. The highest BCUT2D eigenvalue weighted by Gasteiger charge is 2.27. The lowest BCUT2D eigenvalue weighted by molar-refractivity contribution is -0.130. The maximum atomic E-state index is 12.6. The van der Waals surface area contributed by atoms with Crippen LogP contribution in [0.1, 0.15) is 18.4 Å². The Balaban J connectivity index is 1.63. The summed E-state index contributed by atoms with van der Waals surface area (Å²) in [6.07, 6.45) is 3.58. The van der Waals surface area contributed by atoms with E-state index in [1.165, 1.54) is 0 Å². The van der Waals surface area contributed by atoms with E-state index in [4.69, 9.17) is 26.2 Å². The van der Waals surface area contributed by atoms with Gasteiger partial charge in [-0.3, -0.25) is 4.79 Å². The standard InChI is InChI=1S/C17H20ClNO4/c18-14-1-2-16-12(10-14)9-13(11-23-16)17(21)19-5-3-15(4-6-19)22-8-7-20/h1-2,9-10,15,20H,3-8,11H2. The fourth-order valence-electron chi connectivity index (χ4n) is 2.92. The third-order valence-electron chi connectivity index (χ3n) is 4.13. The van der Waals surface area contributed by atoms with E-state index < -0.39 is 0 Å². The Morgan fingerprint density at radius 1 is 1.39 bits per heavy atom. The maximum absolute atomic E-state index is 12.6. The van der Waals surface area contributed by atoms with Gasteiger partial charge in [-0.15, -0.1) is 0 Å². The van der Waals surface area contributed by atoms with Gasteiger partial charge in [-0.05, 0) is 37.1 Å². The highest BCUT2D eigenvalue weighted by atomic mass is 35.5. The third kappa shape index (κ3) is 3.86. The smallest absolute Gasteiger partial charge is 0.253 e. The van der Waals surface area contributed by atoms with E-state index in [0.717, 1.165) is 24.2 Å². The number of hydrogen-bond donors (Lipinski definition) is 1. The van der Waals surface area contributed by atoms with Crippen molar-refractivity contribution in [3.05, 3.63) is 34.4 Å². The number of amides is 1. The quantitative estimate of drug-likeness (QED) is 0.914. The minimum atomic E-state index is 0.0104. The van der Waals surface area contributed by atoms with Crippen molar-refractivity contribution in [2.45, 2.75) is 18.9 Å². The Morgan fingerprint density at radius 3 is 2.91 bits per heavy atom. The first-order chi connectivity index (χ1) is 11.2. The molecule has 0 unspecified atom stereocenters. The molecule has 0 aromatic heterocycles. The van der Waals surface area contributed by atoms with Crippen molar-refractivity contribution in [3.8, 4) is 5.75 Å². The number of likely N-dealkylation sites (tertiary alicyclic amines) is 1. The zero-order valence-electron chi connectivity index (χ0n) is 12.8. The number of nitrogens with zero attached hydrogens (tertiary/aromatic N) is 1. The van der Waals surface area contributed by atoms with Crippen LogP contribution in [-0.4, -0.2) is 54.9 Å². The highest BCUT2D eigenvalue weighted by molar-refractivity contribution is 6.30. The summed E-state index contributed by atoms with van der Waals surface area (Å²) in [6.45, 7) is 2.00. The topological polar surface area (TPSA) is 59.0 Å². The van der Waals surface area contributed by atoms with Crippen LogP contribution in [0.5, 0.6) is 5.75 Å². The monoisotopic (exact) mass is 337 g/mol. The Kier molecular flexibility index (Phi) is 5.20. The molecule has 1 amide bonds. The molecule has 0 bridgehead atoms. The average Bonchev–Trinajstić information content (AvgIpc) is 2.59. The second-order valence-electron chi connectivity index (χ2n) is 5.73. The van der Waals surface area contributed by atoms with Crippen molar-refractivity contribution < 1.29 is 19.4 Å². The van der Waals surface area contributed by atoms with Crippen LogP contribution in [0, 0.1) is 0 Å². The van der Waals surface area contributed by atoms with Gasteiger partial charge in [-0.25, -0.2) is 0 Å². The molecule has 0 radical (unpaired) electrons. The SMILES string of the molecule is O=C(C1=Cc2cc(Cl)ccc2OC1)N1CCC(OCCO)CC1. The summed E-state index contributed by atoms with van der Waals surface area (Å²) in [7, 11) is 0. The summed E-state index contributed by atoms with van der Waals surface area (Å²) in [5.41, 5.74) is 1.49. The van der Waals surface area contributed by atoms with E-state index in [2.05, 4.69) is 0 Å². The Morgan fingerprint density at radius 2 is 2.17 bits per heavy atom. The van der Waals surface area contributed by atoms with Gasteiger partial charge in [0.1, 0.15) is 12.4 Å². The first kappa shape index (κ1) is 16.3. The highest BCUT2D eigenvalue weighted by Crippen LogP contribution is 2.30. The molecule has 1 N–H and O–H groups in total. The fraction of sp³-hybridized carbons (Fsp3) is 0.471. The molecule has 2 aliphatic heterocycles. The summed E-state index contributed by atoms with van der Waals surface area (Å²) in [6, 6.07) is 5.40. The van der Waals surface area contributed by atoms with Gasteiger partial charge >= 0.3 is 0 Å². The lowest BCUT2D eigenvalue weighted by atomic mass is 10.0. The molecule has 1 aromatic rings. The maximum Gasteiger partial charge on any atom is 0.253 e. The molecule has 6 heteroatoms.